The Hall–Kier alpha value is -3.97. The summed E-state index contributed by atoms with van der Waals surface area (Å²) in [5, 5.41) is 0.829. The smallest absolute Gasteiger partial charge is 0.344 e. The van der Waals surface area contributed by atoms with E-state index in [-0.39, 0.29) is 28.6 Å². The van der Waals surface area contributed by atoms with E-state index in [1.165, 1.54) is 33.5 Å². The molecule has 0 bridgehead atoms. The molecule has 0 spiro atoms. The van der Waals surface area contributed by atoms with Crippen LogP contribution in [0.3, 0.4) is 0 Å². The van der Waals surface area contributed by atoms with Crippen molar-refractivity contribution in [2.45, 2.75) is 13.3 Å². The molecule has 0 unspecified atom stereocenters. The molecule has 35 heavy (non-hydrogen) atoms. The zero-order valence-electron chi connectivity index (χ0n) is 19.6. The van der Waals surface area contributed by atoms with Crippen molar-refractivity contribution in [3.63, 3.8) is 0 Å². The topological polar surface area (TPSA) is 84.2 Å². The first kappa shape index (κ1) is 24.2. The van der Waals surface area contributed by atoms with Crippen LogP contribution in [0.15, 0.2) is 63.8 Å². The van der Waals surface area contributed by atoms with Gasteiger partial charge in [0.2, 0.25) is 16.9 Å². The highest BCUT2D eigenvalue weighted by Crippen LogP contribution is 2.39. The molecule has 8 heteroatoms. The van der Waals surface area contributed by atoms with Crippen molar-refractivity contribution in [1.29, 1.82) is 0 Å². The molecule has 7 nitrogen and oxygen atoms in total. The summed E-state index contributed by atoms with van der Waals surface area (Å²) in [5.41, 5.74) is 1.49. The fourth-order valence-electron chi connectivity index (χ4n) is 3.68. The number of fused-ring (bicyclic) bond motifs is 1. The van der Waals surface area contributed by atoms with Crippen molar-refractivity contribution in [1.82, 2.24) is 0 Å². The predicted octanol–water partition coefficient (Wildman–Crippen LogP) is 5.92. The molecule has 4 rings (SSSR count). The number of carbonyl (C=O) groups excluding carboxylic acids is 1. The normalized spacial score (nSPS) is 10.8. The van der Waals surface area contributed by atoms with Crippen LogP contribution in [0, 0.1) is 0 Å². The molecule has 0 aliphatic rings. The Morgan fingerprint density at radius 1 is 0.886 bits per heavy atom. The summed E-state index contributed by atoms with van der Waals surface area (Å²) >= 11 is 6.03. The fraction of sp³-hybridized carbons (Fsp3) is 0.185. The molecule has 0 saturated heterocycles. The van der Waals surface area contributed by atoms with Crippen LogP contribution in [0.1, 0.15) is 22.8 Å². The summed E-state index contributed by atoms with van der Waals surface area (Å²) in [6.45, 7) is 1.98. The minimum atomic E-state index is -0.794. The minimum absolute atomic E-state index is 0.100. The van der Waals surface area contributed by atoms with Gasteiger partial charge in [-0.1, -0.05) is 24.6 Å². The average molecular weight is 495 g/mol. The van der Waals surface area contributed by atoms with Crippen molar-refractivity contribution in [3.05, 3.63) is 81.0 Å². The number of benzene rings is 3. The van der Waals surface area contributed by atoms with Gasteiger partial charge >= 0.3 is 5.97 Å². The first-order valence-electron chi connectivity index (χ1n) is 10.8. The molecule has 0 N–H and O–H groups in total. The number of esters is 1. The quantitative estimate of drug-likeness (QED) is 0.295. The van der Waals surface area contributed by atoms with Crippen LogP contribution in [0.4, 0.5) is 0 Å². The molecule has 0 aliphatic heterocycles. The second kappa shape index (κ2) is 10.1. The van der Waals surface area contributed by atoms with Gasteiger partial charge in [0.05, 0.1) is 32.3 Å². The lowest BCUT2D eigenvalue weighted by molar-refractivity contribution is 0.0730. The van der Waals surface area contributed by atoms with Crippen molar-refractivity contribution in [2.75, 3.05) is 21.3 Å². The summed E-state index contributed by atoms with van der Waals surface area (Å²) in [4.78, 5) is 26.8. The lowest BCUT2D eigenvalue weighted by atomic mass is 10.1. The molecule has 0 aliphatic carbocycles. The largest absolute Gasteiger partial charge is 0.493 e. The molecule has 4 aromatic rings. The van der Waals surface area contributed by atoms with Crippen molar-refractivity contribution < 1.29 is 28.2 Å². The van der Waals surface area contributed by atoms with E-state index >= 15 is 0 Å². The molecule has 0 fully saturated rings. The van der Waals surface area contributed by atoms with Gasteiger partial charge in [-0.05, 0) is 60.5 Å². The maximum Gasteiger partial charge on any atom is 0.344 e. The maximum absolute atomic E-state index is 13.5. The van der Waals surface area contributed by atoms with Crippen molar-refractivity contribution in [3.8, 4) is 34.3 Å². The molecule has 1 heterocycles. The third-order valence-electron chi connectivity index (χ3n) is 5.52. The SMILES string of the molecule is CCc1ccc2oc(-c3ccc(Cl)cc3)c(OC(=O)c3cc(OC)c(OC)c(OC)c3)c(=O)c2c1. The number of halogens is 1. The van der Waals surface area contributed by atoms with Gasteiger partial charge in [-0.15, -0.1) is 0 Å². The number of carbonyl (C=O) groups is 1. The summed E-state index contributed by atoms with van der Waals surface area (Å²) < 4.78 is 27.7. The van der Waals surface area contributed by atoms with Crippen LogP contribution in [-0.4, -0.2) is 27.3 Å². The number of rotatable bonds is 7. The third kappa shape index (κ3) is 4.68. The number of hydrogen-bond acceptors (Lipinski definition) is 7. The van der Waals surface area contributed by atoms with Crippen LogP contribution in [0.2, 0.25) is 5.02 Å². The average Bonchev–Trinajstić information content (AvgIpc) is 2.89. The first-order valence-corrected chi connectivity index (χ1v) is 11.2. The van der Waals surface area contributed by atoms with Gasteiger partial charge < -0.3 is 23.4 Å². The van der Waals surface area contributed by atoms with Crippen LogP contribution < -0.4 is 24.4 Å². The Kier molecular flexibility index (Phi) is 6.98. The van der Waals surface area contributed by atoms with Gasteiger partial charge in [0.1, 0.15) is 5.58 Å². The molecular weight excluding hydrogens is 472 g/mol. The van der Waals surface area contributed by atoms with E-state index in [1.807, 2.05) is 13.0 Å². The molecule has 180 valence electrons. The van der Waals surface area contributed by atoms with Gasteiger partial charge in [0, 0.05) is 10.6 Å². The summed E-state index contributed by atoms with van der Waals surface area (Å²) in [5.74, 6) is -0.0377. The van der Waals surface area contributed by atoms with E-state index in [9.17, 15) is 9.59 Å². The van der Waals surface area contributed by atoms with Crippen molar-refractivity contribution >= 4 is 28.5 Å². The van der Waals surface area contributed by atoms with Gasteiger partial charge in [-0.25, -0.2) is 4.79 Å². The van der Waals surface area contributed by atoms with Crippen molar-refractivity contribution in [2.24, 2.45) is 0 Å². The van der Waals surface area contributed by atoms with E-state index in [0.29, 0.717) is 27.3 Å². The van der Waals surface area contributed by atoms with Gasteiger partial charge in [0.25, 0.3) is 0 Å². The highest BCUT2D eigenvalue weighted by atomic mass is 35.5. The Labute approximate surface area is 206 Å². The molecule has 0 saturated carbocycles. The van der Waals surface area contributed by atoms with E-state index < -0.39 is 11.4 Å². The molecule has 0 radical (unpaired) electrons. The van der Waals surface area contributed by atoms with Crippen LogP contribution in [0.5, 0.6) is 23.0 Å². The molecule has 0 atom stereocenters. The number of aryl methyl sites for hydroxylation is 1. The van der Waals surface area contributed by atoms with Crippen LogP contribution in [0.25, 0.3) is 22.3 Å². The zero-order valence-corrected chi connectivity index (χ0v) is 20.4. The zero-order chi connectivity index (χ0) is 25.1. The monoisotopic (exact) mass is 494 g/mol. The van der Waals surface area contributed by atoms with Gasteiger partial charge in [-0.2, -0.15) is 0 Å². The second-order valence-electron chi connectivity index (χ2n) is 7.58. The van der Waals surface area contributed by atoms with E-state index in [1.54, 1.807) is 36.4 Å². The van der Waals surface area contributed by atoms with Crippen LogP contribution in [-0.2, 0) is 6.42 Å². The van der Waals surface area contributed by atoms with Gasteiger partial charge in [-0.3, -0.25) is 4.79 Å². The van der Waals surface area contributed by atoms with E-state index in [4.69, 9.17) is 35.0 Å². The standard InChI is InChI=1S/C27H23ClO7/c1-5-15-6-11-20-19(12-15)23(29)26(24(34-20)16-7-9-18(28)10-8-16)35-27(30)17-13-21(31-2)25(33-4)22(14-17)32-3/h6-14H,5H2,1-4H3. The number of ether oxygens (including phenoxy) is 4. The molecular formula is C27H23ClO7. The lowest BCUT2D eigenvalue weighted by Crippen LogP contribution is -2.17. The van der Waals surface area contributed by atoms with E-state index in [2.05, 4.69) is 0 Å². The Morgan fingerprint density at radius 3 is 2.11 bits per heavy atom. The fourth-order valence-corrected chi connectivity index (χ4v) is 3.81. The maximum atomic E-state index is 13.5. The van der Waals surface area contributed by atoms with Crippen LogP contribution >= 0.6 is 11.6 Å². The lowest BCUT2D eigenvalue weighted by Gasteiger charge is -2.14. The van der Waals surface area contributed by atoms with E-state index in [0.717, 1.165) is 12.0 Å². The summed E-state index contributed by atoms with van der Waals surface area (Å²) in [6, 6.07) is 14.9. The highest BCUT2D eigenvalue weighted by molar-refractivity contribution is 6.30. The Morgan fingerprint density at radius 2 is 1.54 bits per heavy atom. The minimum Gasteiger partial charge on any atom is -0.493 e. The predicted molar refractivity (Wildman–Crippen MR) is 133 cm³/mol. The number of hydrogen-bond donors (Lipinski definition) is 0. The summed E-state index contributed by atoms with van der Waals surface area (Å²) in [6.07, 6.45) is 0.731. The number of methoxy groups -OCH3 is 3. The molecule has 3 aromatic carbocycles. The third-order valence-corrected chi connectivity index (χ3v) is 5.77. The Balaban J connectivity index is 1.88. The molecule has 1 aromatic heterocycles. The van der Waals surface area contributed by atoms with Gasteiger partial charge in [0.15, 0.2) is 17.3 Å². The Bertz CT molecular complexity index is 1430. The summed E-state index contributed by atoms with van der Waals surface area (Å²) in [7, 11) is 4.34. The first-order chi connectivity index (χ1) is 16.9. The second-order valence-corrected chi connectivity index (χ2v) is 8.02. The molecule has 0 amide bonds. The highest BCUT2D eigenvalue weighted by Gasteiger charge is 2.24.